The number of rotatable bonds is 5. The number of para-hydroxylation sites is 1. The molecule has 0 aliphatic rings. The van der Waals surface area contributed by atoms with Crippen LogP contribution in [0.5, 0.6) is 0 Å². The molecule has 7 heteroatoms. The zero-order chi connectivity index (χ0) is 18.7. The minimum absolute atomic E-state index is 0.0173. The van der Waals surface area contributed by atoms with Gasteiger partial charge in [-0.05, 0) is 30.3 Å². The van der Waals surface area contributed by atoms with Crippen LogP contribution in [0.4, 0.5) is 5.69 Å². The topological polar surface area (TPSA) is 88.4 Å². The summed E-state index contributed by atoms with van der Waals surface area (Å²) in [5.41, 5.74) is 0.971. The molecule has 0 radical (unpaired) electrons. The number of carbonyl (C=O) groups is 3. The predicted molar refractivity (Wildman–Crippen MR) is 102 cm³/mol. The summed E-state index contributed by atoms with van der Waals surface area (Å²) >= 11 is 3.20. The fraction of sp³-hybridized carbons (Fsp3) is 0.105. The van der Waals surface area contributed by atoms with Crippen LogP contribution in [-0.4, -0.2) is 27.5 Å². The van der Waals surface area contributed by atoms with E-state index in [1.165, 1.54) is 16.7 Å². The monoisotopic (exact) mass is 414 g/mol. The number of hydrogen-bond acceptors (Lipinski definition) is 3. The van der Waals surface area contributed by atoms with Crippen LogP contribution in [0.2, 0.25) is 0 Å². The fourth-order valence-electron chi connectivity index (χ4n) is 2.66. The molecule has 6 nitrogen and oxygen atoms in total. The van der Waals surface area contributed by atoms with E-state index in [1.54, 1.807) is 12.3 Å². The molecule has 1 heterocycles. The van der Waals surface area contributed by atoms with Crippen molar-refractivity contribution >= 4 is 50.3 Å². The summed E-state index contributed by atoms with van der Waals surface area (Å²) < 4.78 is 2.12. The normalized spacial score (nSPS) is 10.7. The van der Waals surface area contributed by atoms with Crippen LogP contribution in [0, 0.1) is 0 Å². The number of fused-ring (bicyclic) bond motifs is 1. The van der Waals surface area contributed by atoms with Crippen molar-refractivity contribution in [3.05, 3.63) is 64.8 Å². The minimum atomic E-state index is -1.14. The molecule has 0 aliphatic heterocycles. The van der Waals surface area contributed by atoms with E-state index in [9.17, 15) is 19.5 Å². The Bertz CT molecular complexity index is 1010. The highest BCUT2D eigenvalue weighted by Gasteiger charge is 2.15. The Hall–Kier alpha value is -2.93. The number of amides is 1. The maximum Gasteiger partial charge on any atom is 0.337 e. The van der Waals surface area contributed by atoms with Crippen LogP contribution in [-0.2, 0) is 4.79 Å². The Kier molecular flexibility index (Phi) is 5.18. The van der Waals surface area contributed by atoms with E-state index in [2.05, 4.69) is 21.2 Å². The van der Waals surface area contributed by atoms with Crippen molar-refractivity contribution in [1.29, 1.82) is 0 Å². The minimum Gasteiger partial charge on any atom is -0.478 e. The van der Waals surface area contributed by atoms with Gasteiger partial charge in [0.15, 0.2) is 0 Å². The second-order valence-electron chi connectivity index (χ2n) is 5.68. The number of carbonyl (C=O) groups excluding carboxylic acids is 2. The van der Waals surface area contributed by atoms with Gasteiger partial charge in [0.25, 0.3) is 0 Å². The average molecular weight is 415 g/mol. The molecular weight excluding hydrogens is 400 g/mol. The van der Waals surface area contributed by atoms with E-state index in [0.717, 1.165) is 10.9 Å². The van der Waals surface area contributed by atoms with E-state index in [1.807, 2.05) is 30.3 Å². The molecule has 3 aromatic rings. The molecule has 0 fully saturated rings. The lowest BCUT2D eigenvalue weighted by Gasteiger charge is -2.09. The first-order valence-electron chi connectivity index (χ1n) is 7.87. The smallest absolute Gasteiger partial charge is 0.337 e. The molecule has 26 heavy (non-hydrogen) atoms. The average Bonchev–Trinajstić information content (AvgIpc) is 3.05. The fourth-order valence-corrected chi connectivity index (χ4v) is 3.02. The summed E-state index contributed by atoms with van der Waals surface area (Å²) in [6.45, 7) is 0. The first-order chi connectivity index (χ1) is 12.5. The first-order valence-corrected chi connectivity index (χ1v) is 8.67. The lowest BCUT2D eigenvalue weighted by Crippen LogP contribution is -2.17. The Morgan fingerprint density at radius 2 is 1.81 bits per heavy atom. The van der Waals surface area contributed by atoms with Crippen molar-refractivity contribution in [2.45, 2.75) is 12.8 Å². The van der Waals surface area contributed by atoms with Crippen molar-refractivity contribution in [1.82, 2.24) is 4.57 Å². The number of hydrogen-bond donors (Lipinski definition) is 2. The largest absolute Gasteiger partial charge is 0.478 e. The van der Waals surface area contributed by atoms with Gasteiger partial charge >= 0.3 is 5.97 Å². The molecule has 1 amide bonds. The number of nitrogens with zero attached hydrogens (tertiary/aromatic N) is 1. The van der Waals surface area contributed by atoms with Crippen molar-refractivity contribution in [2.24, 2.45) is 0 Å². The highest BCUT2D eigenvalue weighted by atomic mass is 79.9. The van der Waals surface area contributed by atoms with Crippen molar-refractivity contribution < 1.29 is 19.5 Å². The summed E-state index contributed by atoms with van der Waals surface area (Å²) in [4.78, 5) is 35.8. The summed E-state index contributed by atoms with van der Waals surface area (Å²) in [6, 6.07) is 13.9. The molecule has 0 saturated heterocycles. The number of halogens is 1. The molecule has 0 bridgehead atoms. The van der Waals surface area contributed by atoms with Crippen molar-refractivity contribution in [3.8, 4) is 0 Å². The van der Waals surface area contributed by atoms with Gasteiger partial charge in [0.2, 0.25) is 11.8 Å². The Morgan fingerprint density at radius 3 is 2.58 bits per heavy atom. The van der Waals surface area contributed by atoms with Crippen molar-refractivity contribution in [2.75, 3.05) is 5.32 Å². The van der Waals surface area contributed by atoms with Crippen LogP contribution >= 0.6 is 15.9 Å². The molecule has 0 unspecified atom stereocenters. The van der Waals surface area contributed by atoms with Gasteiger partial charge in [-0.2, -0.15) is 0 Å². The van der Waals surface area contributed by atoms with Crippen LogP contribution in [0.1, 0.15) is 28.0 Å². The number of benzene rings is 2. The molecule has 0 aliphatic carbocycles. The number of anilines is 1. The molecule has 2 N–H and O–H groups in total. The third kappa shape index (κ3) is 3.83. The van der Waals surface area contributed by atoms with Crippen LogP contribution in [0.15, 0.2) is 59.2 Å². The first kappa shape index (κ1) is 17.9. The molecule has 1 aromatic heterocycles. The molecular formula is C19H15BrN2O4. The highest BCUT2D eigenvalue weighted by molar-refractivity contribution is 9.10. The number of carboxylic acids is 1. The van der Waals surface area contributed by atoms with Gasteiger partial charge in [0, 0.05) is 28.9 Å². The van der Waals surface area contributed by atoms with E-state index in [-0.39, 0.29) is 30.0 Å². The van der Waals surface area contributed by atoms with Crippen LogP contribution < -0.4 is 5.32 Å². The third-order valence-electron chi connectivity index (χ3n) is 3.92. The summed E-state index contributed by atoms with van der Waals surface area (Å²) in [6.07, 6.45) is 1.66. The van der Waals surface area contributed by atoms with Gasteiger partial charge in [0.1, 0.15) is 0 Å². The number of nitrogens with one attached hydrogen (secondary N) is 1. The lowest BCUT2D eigenvalue weighted by atomic mass is 10.1. The van der Waals surface area contributed by atoms with Gasteiger partial charge in [-0.3, -0.25) is 14.2 Å². The summed E-state index contributed by atoms with van der Waals surface area (Å²) in [5.74, 6) is -1.76. The van der Waals surface area contributed by atoms with Gasteiger partial charge < -0.3 is 10.4 Å². The Labute approximate surface area is 157 Å². The second kappa shape index (κ2) is 7.53. The van der Waals surface area contributed by atoms with E-state index in [4.69, 9.17) is 0 Å². The Morgan fingerprint density at radius 1 is 1.04 bits per heavy atom. The van der Waals surface area contributed by atoms with Crippen LogP contribution in [0.25, 0.3) is 10.9 Å². The third-order valence-corrected chi connectivity index (χ3v) is 4.41. The standard InChI is InChI=1S/C19H15BrN2O4/c20-13-5-6-15(14(11-13)19(25)26)21-17(23)7-8-18(24)22-10-9-12-3-1-2-4-16(12)22/h1-6,9-11H,7-8H2,(H,21,23)(H,25,26). The number of aromatic carboxylic acids is 1. The maximum absolute atomic E-state index is 12.4. The quantitative estimate of drug-likeness (QED) is 0.655. The molecule has 0 atom stereocenters. The van der Waals surface area contributed by atoms with Crippen molar-refractivity contribution in [3.63, 3.8) is 0 Å². The highest BCUT2D eigenvalue weighted by Crippen LogP contribution is 2.22. The van der Waals surface area contributed by atoms with Gasteiger partial charge in [-0.25, -0.2) is 4.79 Å². The lowest BCUT2D eigenvalue weighted by molar-refractivity contribution is -0.116. The molecule has 3 rings (SSSR count). The second-order valence-corrected chi connectivity index (χ2v) is 6.60. The SMILES string of the molecule is O=C(CCC(=O)n1ccc2ccccc21)Nc1ccc(Br)cc1C(=O)O. The molecule has 0 spiro atoms. The predicted octanol–water partition coefficient (Wildman–Crippen LogP) is 4.16. The van der Waals surface area contributed by atoms with Crippen LogP contribution in [0.3, 0.4) is 0 Å². The maximum atomic E-state index is 12.4. The van der Waals surface area contributed by atoms with E-state index < -0.39 is 11.9 Å². The molecule has 0 saturated carbocycles. The summed E-state index contributed by atoms with van der Waals surface area (Å²) in [5, 5.41) is 12.7. The number of aromatic nitrogens is 1. The molecule has 132 valence electrons. The van der Waals surface area contributed by atoms with E-state index in [0.29, 0.717) is 4.47 Å². The zero-order valence-electron chi connectivity index (χ0n) is 13.6. The molecule has 2 aromatic carbocycles. The van der Waals surface area contributed by atoms with Gasteiger partial charge in [-0.1, -0.05) is 34.1 Å². The zero-order valence-corrected chi connectivity index (χ0v) is 15.2. The summed E-state index contributed by atoms with van der Waals surface area (Å²) in [7, 11) is 0. The number of carboxylic acid groups (broad SMARTS) is 1. The van der Waals surface area contributed by atoms with E-state index >= 15 is 0 Å². The van der Waals surface area contributed by atoms with Gasteiger partial charge in [0.05, 0.1) is 16.8 Å². The van der Waals surface area contributed by atoms with Gasteiger partial charge in [-0.15, -0.1) is 0 Å². The Balaban J connectivity index is 1.66.